The Morgan fingerprint density at radius 3 is 2.39 bits per heavy atom. The smallest absolute Gasteiger partial charge is 0.417 e. The molecule has 1 aromatic carbocycles. The number of ether oxygens (including phenoxy) is 2. The fourth-order valence-corrected chi connectivity index (χ4v) is 2.03. The fourth-order valence-electron chi connectivity index (χ4n) is 2.03. The van der Waals surface area contributed by atoms with Crippen LogP contribution in [0.2, 0.25) is 0 Å². The molecule has 0 saturated heterocycles. The average Bonchev–Trinajstić information content (AvgIpc) is 2.43. The number of esters is 1. The third-order valence-electron chi connectivity index (χ3n) is 3.10. The SMILES string of the molecule is CC(=O)O[C@@H](C)CC[C@H](C)Oc1ccc(C#N)c(C(F)(F)F)c1. The summed E-state index contributed by atoms with van der Waals surface area (Å²) in [5.41, 5.74) is -1.46. The van der Waals surface area contributed by atoms with E-state index in [2.05, 4.69) is 0 Å². The van der Waals surface area contributed by atoms with E-state index < -0.39 is 17.3 Å². The number of benzene rings is 1. The standard InChI is InChI=1S/C16H18F3NO3/c1-10(22-12(3)21)4-5-11(2)23-14-7-6-13(9-20)15(8-14)16(17,18)19/h6-8,10-11H,4-5H2,1-3H3/t10-,11-/m0/s1. The molecule has 0 bridgehead atoms. The highest BCUT2D eigenvalue weighted by Gasteiger charge is 2.34. The van der Waals surface area contributed by atoms with Crippen LogP contribution in [0.15, 0.2) is 18.2 Å². The number of rotatable bonds is 6. The molecule has 0 fully saturated rings. The quantitative estimate of drug-likeness (QED) is 0.738. The molecular formula is C16H18F3NO3. The Morgan fingerprint density at radius 2 is 1.87 bits per heavy atom. The highest BCUT2D eigenvalue weighted by atomic mass is 19.4. The van der Waals surface area contributed by atoms with E-state index in [1.807, 2.05) is 0 Å². The highest BCUT2D eigenvalue weighted by molar-refractivity contribution is 5.66. The Morgan fingerprint density at radius 1 is 1.26 bits per heavy atom. The van der Waals surface area contributed by atoms with E-state index in [1.165, 1.54) is 19.1 Å². The molecule has 0 aliphatic carbocycles. The maximum absolute atomic E-state index is 12.9. The monoisotopic (exact) mass is 329 g/mol. The van der Waals surface area contributed by atoms with Crippen LogP contribution < -0.4 is 4.74 Å². The Labute approximate surface area is 132 Å². The largest absolute Gasteiger partial charge is 0.491 e. The van der Waals surface area contributed by atoms with Crippen LogP contribution in [0.25, 0.3) is 0 Å². The van der Waals surface area contributed by atoms with Gasteiger partial charge in [-0.1, -0.05) is 0 Å². The number of nitrogens with zero attached hydrogens (tertiary/aromatic N) is 1. The van der Waals surface area contributed by atoms with Gasteiger partial charge in [0.25, 0.3) is 0 Å². The summed E-state index contributed by atoms with van der Waals surface area (Å²) >= 11 is 0. The maximum atomic E-state index is 12.9. The lowest BCUT2D eigenvalue weighted by atomic mass is 10.1. The van der Waals surface area contributed by atoms with Crippen molar-refractivity contribution in [3.8, 4) is 11.8 Å². The molecule has 0 aliphatic heterocycles. The minimum atomic E-state index is -4.61. The number of halogens is 3. The third-order valence-corrected chi connectivity index (χ3v) is 3.10. The molecule has 2 atom stereocenters. The van der Waals surface area contributed by atoms with Crippen LogP contribution in [0.3, 0.4) is 0 Å². The normalized spacial score (nSPS) is 13.8. The van der Waals surface area contributed by atoms with Gasteiger partial charge in [-0.15, -0.1) is 0 Å². The zero-order chi connectivity index (χ0) is 17.6. The number of hydrogen-bond acceptors (Lipinski definition) is 4. The van der Waals surface area contributed by atoms with Crippen LogP contribution in [-0.2, 0) is 15.7 Å². The summed E-state index contributed by atoms with van der Waals surface area (Å²) in [5.74, 6) is -0.336. The van der Waals surface area contributed by atoms with Crippen molar-refractivity contribution >= 4 is 5.97 Å². The number of hydrogen-bond donors (Lipinski definition) is 0. The lowest BCUT2D eigenvalue weighted by molar-refractivity contribution is -0.146. The van der Waals surface area contributed by atoms with Gasteiger partial charge in [0.15, 0.2) is 0 Å². The molecule has 23 heavy (non-hydrogen) atoms. The molecule has 126 valence electrons. The molecule has 0 aliphatic rings. The molecule has 1 rings (SSSR count). The van der Waals surface area contributed by atoms with Crippen molar-refractivity contribution in [3.63, 3.8) is 0 Å². The van der Waals surface area contributed by atoms with Crippen molar-refractivity contribution in [2.75, 3.05) is 0 Å². The molecule has 0 saturated carbocycles. The summed E-state index contributed by atoms with van der Waals surface area (Å²) < 4.78 is 49.0. The lowest BCUT2D eigenvalue weighted by Crippen LogP contribution is -2.18. The molecule has 0 aromatic heterocycles. The van der Waals surface area contributed by atoms with Gasteiger partial charge < -0.3 is 9.47 Å². The first kappa shape index (κ1) is 18.8. The molecule has 0 radical (unpaired) electrons. The van der Waals surface area contributed by atoms with Crippen molar-refractivity contribution in [1.82, 2.24) is 0 Å². The van der Waals surface area contributed by atoms with Crippen LogP contribution in [0, 0.1) is 11.3 Å². The number of carbonyl (C=O) groups excluding carboxylic acids is 1. The van der Waals surface area contributed by atoms with Crippen molar-refractivity contribution in [2.45, 2.75) is 52.0 Å². The Balaban J connectivity index is 2.70. The third kappa shape index (κ3) is 6.19. The number of alkyl halides is 3. The van der Waals surface area contributed by atoms with Gasteiger partial charge in [-0.25, -0.2) is 0 Å². The van der Waals surface area contributed by atoms with Crippen molar-refractivity contribution in [2.24, 2.45) is 0 Å². The predicted molar refractivity (Wildman–Crippen MR) is 76.7 cm³/mol. The van der Waals surface area contributed by atoms with Gasteiger partial charge in [-0.3, -0.25) is 4.79 Å². The average molecular weight is 329 g/mol. The van der Waals surface area contributed by atoms with Crippen LogP contribution >= 0.6 is 0 Å². The molecule has 0 N–H and O–H groups in total. The Hall–Kier alpha value is -2.23. The van der Waals surface area contributed by atoms with Crippen molar-refractivity contribution < 1.29 is 27.4 Å². The first-order valence-corrected chi connectivity index (χ1v) is 7.08. The first-order chi connectivity index (χ1) is 10.6. The first-order valence-electron chi connectivity index (χ1n) is 7.08. The zero-order valence-electron chi connectivity index (χ0n) is 13.1. The summed E-state index contributed by atoms with van der Waals surface area (Å²) in [7, 11) is 0. The van der Waals surface area contributed by atoms with Gasteiger partial charge in [0.2, 0.25) is 0 Å². The van der Waals surface area contributed by atoms with Gasteiger partial charge in [0.1, 0.15) is 5.75 Å². The molecular weight excluding hydrogens is 311 g/mol. The molecule has 7 heteroatoms. The van der Waals surface area contributed by atoms with E-state index in [9.17, 15) is 18.0 Å². The molecule has 0 heterocycles. The van der Waals surface area contributed by atoms with E-state index >= 15 is 0 Å². The zero-order valence-corrected chi connectivity index (χ0v) is 13.1. The topological polar surface area (TPSA) is 59.3 Å². The fraction of sp³-hybridized carbons (Fsp3) is 0.500. The van der Waals surface area contributed by atoms with Crippen molar-refractivity contribution in [3.05, 3.63) is 29.3 Å². The van der Waals surface area contributed by atoms with Crippen molar-refractivity contribution in [1.29, 1.82) is 5.26 Å². The van der Waals surface area contributed by atoms with Gasteiger partial charge in [-0.05, 0) is 44.9 Å². The van der Waals surface area contributed by atoms with Crippen LogP contribution in [0.5, 0.6) is 5.75 Å². The molecule has 0 spiro atoms. The van der Waals surface area contributed by atoms with Gasteiger partial charge in [0, 0.05) is 6.92 Å². The summed E-state index contributed by atoms with van der Waals surface area (Å²) in [6.07, 6.45) is -4.22. The summed E-state index contributed by atoms with van der Waals surface area (Å²) in [5, 5.41) is 8.74. The second-order valence-electron chi connectivity index (χ2n) is 5.24. The van der Waals surface area contributed by atoms with E-state index in [-0.39, 0.29) is 23.9 Å². The second kappa shape index (κ2) is 7.86. The number of nitriles is 1. The van der Waals surface area contributed by atoms with E-state index in [0.717, 1.165) is 12.1 Å². The second-order valence-corrected chi connectivity index (χ2v) is 5.24. The van der Waals surface area contributed by atoms with Crippen LogP contribution in [0.1, 0.15) is 44.7 Å². The minimum absolute atomic E-state index is 0.0453. The molecule has 1 aromatic rings. The summed E-state index contributed by atoms with van der Waals surface area (Å²) in [4.78, 5) is 10.8. The summed E-state index contributed by atoms with van der Waals surface area (Å²) in [6.45, 7) is 4.76. The highest BCUT2D eigenvalue weighted by Crippen LogP contribution is 2.34. The minimum Gasteiger partial charge on any atom is -0.491 e. The Bertz CT molecular complexity index is 593. The van der Waals surface area contributed by atoms with Gasteiger partial charge in [-0.2, -0.15) is 18.4 Å². The lowest BCUT2D eigenvalue weighted by Gasteiger charge is -2.18. The molecule has 0 unspecified atom stereocenters. The van der Waals surface area contributed by atoms with Crippen LogP contribution in [-0.4, -0.2) is 18.2 Å². The summed E-state index contributed by atoms with van der Waals surface area (Å²) in [6, 6.07) is 4.76. The van der Waals surface area contributed by atoms with Gasteiger partial charge in [0.05, 0.1) is 29.4 Å². The predicted octanol–water partition coefficient (Wildman–Crippen LogP) is 4.08. The van der Waals surface area contributed by atoms with E-state index in [0.29, 0.717) is 12.8 Å². The van der Waals surface area contributed by atoms with Gasteiger partial charge >= 0.3 is 12.1 Å². The van der Waals surface area contributed by atoms with E-state index in [4.69, 9.17) is 14.7 Å². The molecule has 0 amide bonds. The Kier molecular flexibility index (Phi) is 6.43. The maximum Gasteiger partial charge on any atom is 0.417 e. The van der Waals surface area contributed by atoms with Crippen LogP contribution in [0.4, 0.5) is 13.2 Å². The van der Waals surface area contributed by atoms with E-state index in [1.54, 1.807) is 13.8 Å². The number of carbonyl (C=O) groups is 1. The molecule has 4 nitrogen and oxygen atoms in total.